The predicted molar refractivity (Wildman–Crippen MR) is 150 cm³/mol. The van der Waals surface area contributed by atoms with Gasteiger partial charge in [0.15, 0.2) is 0 Å². The molecule has 2 N–H and O–H groups in total. The fourth-order valence-electron chi connectivity index (χ4n) is 5.17. The zero-order valence-corrected chi connectivity index (χ0v) is 22.2. The van der Waals surface area contributed by atoms with Gasteiger partial charge in [-0.1, -0.05) is 25.6 Å². The molecule has 1 aromatic carbocycles. The summed E-state index contributed by atoms with van der Waals surface area (Å²) in [6, 6.07) is 10.0. The molecule has 0 saturated heterocycles. The van der Waals surface area contributed by atoms with Crippen molar-refractivity contribution < 1.29 is 14.7 Å². The lowest BCUT2D eigenvalue weighted by Crippen LogP contribution is -2.48. The average Bonchev–Trinajstić information content (AvgIpc) is 3.53. The highest BCUT2D eigenvalue weighted by Crippen LogP contribution is 2.42. The van der Waals surface area contributed by atoms with Gasteiger partial charge in [-0.15, -0.1) is 23.1 Å². The molecule has 2 saturated carbocycles. The summed E-state index contributed by atoms with van der Waals surface area (Å²) in [6.07, 6.45) is 6.88. The lowest BCUT2D eigenvalue weighted by molar-refractivity contribution is -0.124. The maximum atomic E-state index is 13.7. The van der Waals surface area contributed by atoms with E-state index >= 15 is 0 Å². The van der Waals surface area contributed by atoms with Crippen LogP contribution in [0.5, 0.6) is 0 Å². The fraction of sp³-hybridized carbons (Fsp3) is 0.464. The van der Waals surface area contributed by atoms with E-state index in [2.05, 4.69) is 23.8 Å². The normalized spacial score (nSPS) is 23.8. The average molecular weight is 524 g/mol. The highest BCUT2D eigenvalue weighted by molar-refractivity contribution is 8.12. The minimum absolute atomic E-state index is 0.00662. The van der Waals surface area contributed by atoms with Crippen LogP contribution in [0.2, 0.25) is 0 Å². The Morgan fingerprint density at radius 2 is 1.83 bits per heavy atom. The van der Waals surface area contributed by atoms with Crippen LogP contribution in [0.4, 0.5) is 11.4 Å². The number of hydrogen-bond donors (Lipinski definition) is 2. The van der Waals surface area contributed by atoms with Gasteiger partial charge in [-0.2, -0.15) is 0 Å². The van der Waals surface area contributed by atoms with Crippen molar-refractivity contribution in [2.45, 2.75) is 64.0 Å². The van der Waals surface area contributed by atoms with Gasteiger partial charge in [-0.3, -0.25) is 9.79 Å². The van der Waals surface area contributed by atoms with Crippen LogP contribution < -0.4 is 10.2 Å². The van der Waals surface area contributed by atoms with Gasteiger partial charge >= 0.3 is 5.97 Å². The van der Waals surface area contributed by atoms with E-state index in [1.807, 2.05) is 40.8 Å². The Bertz CT molecular complexity index is 1160. The third kappa shape index (κ3) is 5.25. The van der Waals surface area contributed by atoms with Gasteiger partial charge < -0.3 is 15.3 Å². The number of carbonyl (C=O) groups is 2. The molecule has 1 amide bonds. The van der Waals surface area contributed by atoms with Crippen LogP contribution in [0.25, 0.3) is 10.4 Å². The van der Waals surface area contributed by atoms with E-state index in [1.165, 1.54) is 11.3 Å². The zero-order valence-electron chi connectivity index (χ0n) is 20.6. The topological polar surface area (TPSA) is 82.0 Å². The van der Waals surface area contributed by atoms with Crippen molar-refractivity contribution in [3.63, 3.8) is 0 Å². The van der Waals surface area contributed by atoms with Crippen molar-refractivity contribution in [3.05, 3.63) is 47.5 Å². The Kier molecular flexibility index (Phi) is 7.53. The molecule has 2 heterocycles. The van der Waals surface area contributed by atoms with Crippen molar-refractivity contribution in [3.8, 4) is 10.4 Å². The molecule has 0 radical (unpaired) electrons. The highest BCUT2D eigenvalue weighted by Gasteiger charge is 2.38. The Labute approximate surface area is 220 Å². The first-order valence-electron chi connectivity index (χ1n) is 12.8. The summed E-state index contributed by atoms with van der Waals surface area (Å²) in [5.74, 6) is 0.695. The van der Waals surface area contributed by atoms with Crippen molar-refractivity contribution in [1.29, 1.82) is 0 Å². The number of nitrogens with zero attached hydrogens (tertiary/aromatic N) is 2. The zero-order chi connectivity index (χ0) is 25.2. The number of amides is 1. The Hall–Kier alpha value is -2.58. The number of nitrogens with one attached hydrogen (secondary N) is 1. The predicted octanol–water partition coefficient (Wildman–Crippen LogP) is 6.89. The van der Waals surface area contributed by atoms with E-state index < -0.39 is 5.97 Å². The Balaban J connectivity index is 1.39. The third-order valence-electron chi connectivity index (χ3n) is 7.65. The summed E-state index contributed by atoms with van der Waals surface area (Å²) in [4.78, 5) is 33.4. The molecule has 2 aromatic rings. The SMILES string of the molecule is C=C(Nc1ccc(-c2cc(N(C(=O)[C@H]3CC[C@H](C)CC3)C3CCC3)c(C(=O)O)s2)cc1)C1CSC=N1. The van der Waals surface area contributed by atoms with Crippen molar-refractivity contribution in [2.24, 2.45) is 16.8 Å². The van der Waals surface area contributed by atoms with Crippen LogP contribution in [-0.4, -0.2) is 40.4 Å². The summed E-state index contributed by atoms with van der Waals surface area (Å²) in [5, 5.41) is 13.4. The minimum Gasteiger partial charge on any atom is -0.477 e. The number of carbonyl (C=O) groups excluding carboxylic acids is 1. The molecule has 8 heteroatoms. The van der Waals surface area contributed by atoms with Crippen LogP contribution in [0.15, 0.2) is 47.6 Å². The summed E-state index contributed by atoms with van der Waals surface area (Å²) < 4.78 is 0. The number of thioether (sulfide) groups is 1. The maximum absolute atomic E-state index is 13.7. The van der Waals surface area contributed by atoms with Crippen LogP contribution in [-0.2, 0) is 4.79 Å². The molecule has 5 rings (SSSR count). The van der Waals surface area contributed by atoms with Gasteiger partial charge in [0.05, 0.1) is 17.3 Å². The Morgan fingerprint density at radius 3 is 2.42 bits per heavy atom. The van der Waals surface area contributed by atoms with Gasteiger partial charge in [0.25, 0.3) is 0 Å². The minimum atomic E-state index is -0.972. The summed E-state index contributed by atoms with van der Waals surface area (Å²) >= 11 is 2.93. The Morgan fingerprint density at radius 1 is 1.11 bits per heavy atom. The number of hydrogen-bond acceptors (Lipinski definition) is 6. The molecule has 1 aromatic heterocycles. The molecule has 6 nitrogen and oxygen atoms in total. The van der Waals surface area contributed by atoms with Crippen molar-refractivity contribution >= 4 is 51.9 Å². The van der Waals surface area contributed by atoms with Gasteiger partial charge in [-0.25, -0.2) is 4.79 Å². The second-order valence-electron chi connectivity index (χ2n) is 10.2. The lowest BCUT2D eigenvalue weighted by atomic mass is 9.81. The lowest BCUT2D eigenvalue weighted by Gasteiger charge is -2.40. The van der Waals surface area contributed by atoms with Crippen LogP contribution >= 0.6 is 23.1 Å². The van der Waals surface area contributed by atoms with Crippen molar-refractivity contribution in [2.75, 3.05) is 16.0 Å². The number of carboxylic acids is 1. The molecular formula is C28H33N3O3S2. The molecule has 3 aliphatic rings. The molecule has 190 valence electrons. The number of thiophene rings is 1. The number of rotatable bonds is 8. The first-order valence-corrected chi connectivity index (χ1v) is 14.7. The first-order chi connectivity index (χ1) is 17.4. The van der Waals surface area contributed by atoms with E-state index in [9.17, 15) is 14.7 Å². The van der Waals surface area contributed by atoms with Crippen LogP contribution in [0.3, 0.4) is 0 Å². The van der Waals surface area contributed by atoms with Gasteiger partial charge in [0.1, 0.15) is 4.88 Å². The second kappa shape index (κ2) is 10.8. The molecule has 36 heavy (non-hydrogen) atoms. The smallest absolute Gasteiger partial charge is 0.348 e. The standard InChI is InChI=1S/C28H33N3O3S2/c1-17-6-8-20(9-7-17)27(32)31(22-4-3-5-22)24-14-25(36-26(24)28(33)34)19-10-12-21(13-11-19)30-18(2)23-15-35-16-29-23/h10-14,16-17,20,22-23,30H,2-9,15H2,1H3,(H,33,34)/t17-,20-,23?. The quantitative estimate of drug-likeness (QED) is 0.393. The summed E-state index contributed by atoms with van der Waals surface area (Å²) in [5.41, 5.74) is 5.16. The fourth-order valence-corrected chi connectivity index (χ4v) is 6.95. The molecule has 1 aliphatic heterocycles. The molecule has 1 atom stereocenters. The van der Waals surface area contributed by atoms with E-state index in [1.54, 1.807) is 11.8 Å². The van der Waals surface area contributed by atoms with Crippen molar-refractivity contribution in [1.82, 2.24) is 0 Å². The molecule has 0 spiro atoms. The number of aliphatic imine (C=N–C) groups is 1. The third-order valence-corrected chi connectivity index (χ3v) is 9.59. The highest BCUT2D eigenvalue weighted by atomic mass is 32.2. The summed E-state index contributed by atoms with van der Waals surface area (Å²) in [6.45, 7) is 6.36. The second-order valence-corrected chi connectivity index (χ2v) is 12.1. The van der Waals surface area contributed by atoms with E-state index in [0.717, 1.165) is 72.5 Å². The number of aromatic carboxylic acids is 1. The van der Waals surface area contributed by atoms with E-state index in [-0.39, 0.29) is 28.8 Å². The molecule has 2 fully saturated rings. The first kappa shape index (κ1) is 25.1. The van der Waals surface area contributed by atoms with Gasteiger partial charge in [0, 0.05) is 34.0 Å². The van der Waals surface area contributed by atoms with Crippen LogP contribution in [0.1, 0.15) is 61.5 Å². The van der Waals surface area contributed by atoms with E-state index in [4.69, 9.17) is 0 Å². The number of anilines is 2. The van der Waals surface area contributed by atoms with Gasteiger partial charge in [0.2, 0.25) is 5.91 Å². The monoisotopic (exact) mass is 523 g/mol. The largest absolute Gasteiger partial charge is 0.477 e. The van der Waals surface area contributed by atoms with E-state index in [0.29, 0.717) is 11.6 Å². The molecule has 1 unspecified atom stereocenters. The summed E-state index contributed by atoms with van der Waals surface area (Å²) in [7, 11) is 0. The maximum Gasteiger partial charge on any atom is 0.348 e. The van der Waals surface area contributed by atoms with Crippen LogP contribution in [0, 0.1) is 11.8 Å². The number of carboxylic acid groups (broad SMARTS) is 1. The van der Waals surface area contributed by atoms with Gasteiger partial charge in [-0.05, 0) is 74.6 Å². The molecular weight excluding hydrogens is 490 g/mol. The molecule has 0 bridgehead atoms. The molecule has 2 aliphatic carbocycles. The number of benzene rings is 1.